The third kappa shape index (κ3) is 2.88. The van der Waals surface area contributed by atoms with Crippen molar-refractivity contribution in [3.05, 3.63) is 58.7 Å². The Bertz CT molecular complexity index is 965. The predicted octanol–water partition coefficient (Wildman–Crippen LogP) is 3.38. The smallest absolute Gasteiger partial charge is 0.354 e. The molecule has 0 aliphatic heterocycles. The highest BCUT2D eigenvalue weighted by molar-refractivity contribution is 5.88. The van der Waals surface area contributed by atoms with Gasteiger partial charge in [0.1, 0.15) is 23.8 Å². The number of carboxylic acid groups (broad SMARTS) is 1. The Hall–Kier alpha value is -3.09. The molecule has 0 spiro atoms. The van der Waals surface area contributed by atoms with Crippen molar-refractivity contribution in [2.45, 2.75) is 20.5 Å². The number of hydrogen-bond donors (Lipinski definition) is 1. The Morgan fingerprint density at radius 3 is 2.72 bits per heavy atom. The van der Waals surface area contributed by atoms with Crippen LogP contribution in [0.3, 0.4) is 0 Å². The normalized spacial score (nSPS) is 10.9. The van der Waals surface area contributed by atoms with Gasteiger partial charge in [0.25, 0.3) is 0 Å². The molecule has 0 bridgehead atoms. The van der Waals surface area contributed by atoms with Crippen molar-refractivity contribution >= 4 is 11.6 Å². The summed E-state index contributed by atoms with van der Waals surface area (Å²) in [6.07, 6.45) is 0. The maximum absolute atomic E-state index is 14.1. The second kappa shape index (κ2) is 6.43. The van der Waals surface area contributed by atoms with E-state index in [4.69, 9.17) is 9.47 Å². The number of ether oxygens (including phenoxy) is 2. The van der Waals surface area contributed by atoms with Crippen LogP contribution in [0, 0.1) is 19.7 Å². The van der Waals surface area contributed by atoms with Crippen LogP contribution in [-0.4, -0.2) is 27.6 Å². The first kappa shape index (κ1) is 16.8. The molecule has 2 heterocycles. The largest absolute Gasteiger partial charge is 0.496 e. The summed E-state index contributed by atoms with van der Waals surface area (Å²) in [6.45, 7) is 3.30. The molecular formula is C18H17FN2O4. The Labute approximate surface area is 143 Å². The second-order valence-electron chi connectivity index (χ2n) is 5.58. The standard InChI is InChI=1S/C18H17FN2O4/c1-10-7-8-15-20-11(2)16(18(22)23)21(15)17(10)25-9-12-13(19)5-4-6-14(12)24-3/h4-8H,9H2,1-3H3,(H,22,23). The molecule has 25 heavy (non-hydrogen) atoms. The molecule has 3 aromatic rings. The Morgan fingerprint density at radius 2 is 2.04 bits per heavy atom. The van der Waals surface area contributed by atoms with E-state index >= 15 is 0 Å². The van der Waals surface area contributed by atoms with Gasteiger partial charge in [0.2, 0.25) is 5.88 Å². The number of fused-ring (bicyclic) bond motifs is 1. The van der Waals surface area contributed by atoms with Crippen LogP contribution in [0.1, 0.15) is 27.3 Å². The molecule has 6 nitrogen and oxygen atoms in total. The number of carboxylic acids is 1. The van der Waals surface area contributed by atoms with Gasteiger partial charge in [0, 0.05) is 5.56 Å². The van der Waals surface area contributed by atoms with Crippen LogP contribution in [0.5, 0.6) is 11.6 Å². The van der Waals surface area contributed by atoms with Crippen molar-refractivity contribution in [1.82, 2.24) is 9.38 Å². The highest BCUT2D eigenvalue weighted by Gasteiger charge is 2.20. The summed E-state index contributed by atoms with van der Waals surface area (Å²) < 4.78 is 26.5. The minimum atomic E-state index is -1.11. The van der Waals surface area contributed by atoms with Crippen molar-refractivity contribution in [3.63, 3.8) is 0 Å². The summed E-state index contributed by atoms with van der Waals surface area (Å²) in [5, 5.41) is 9.48. The number of aromatic carboxylic acids is 1. The summed E-state index contributed by atoms with van der Waals surface area (Å²) in [5.41, 5.74) is 1.83. The minimum absolute atomic E-state index is 0.0224. The van der Waals surface area contributed by atoms with E-state index in [-0.39, 0.29) is 17.9 Å². The summed E-state index contributed by atoms with van der Waals surface area (Å²) in [5.74, 6) is -0.890. The first-order chi connectivity index (χ1) is 11.9. The van der Waals surface area contributed by atoms with Gasteiger partial charge in [-0.05, 0) is 32.0 Å². The molecule has 0 aliphatic carbocycles. The first-order valence-electron chi connectivity index (χ1n) is 7.60. The third-order valence-electron chi connectivity index (χ3n) is 3.95. The van der Waals surface area contributed by atoms with Gasteiger partial charge in [-0.1, -0.05) is 12.1 Å². The summed E-state index contributed by atoms with van der Waals surface area (Å²) in [6, 6.07) is 8.00. The van der Waals surface area contributed by atoms with Gasteiger partial charge < -0.3 is 14.6 Å². The molecule has 0 saturated heterocycles. The molecule has 0 saturated carbocycles. The highest BCUT2D eigenvalue weighted by Crippen LogP contribution is 2.27. The monoisotopic (exact) mass is 344 g/mol. The maximum atomic E-state index is 14.1. The third-order valence-corrected chi connectivity index (χ3v) is 3.95. The number of hydrogen-bond acceptors (Lipinski definition) is 4. The summed E-state index contributed by atoms with van der Waals surface area (Å²) in [4.78, 5) is 15.8. The van der Waals surface area contributed by atoms with Gasteiger partial charge in [-0.15, -0.1) is 0 Å². The van der Waals surface area contributed by atoms with E-state index in [1.807, 2.05) is 0 Å². The van der Waals surface area contributed by atoms with Crippen LogP contribution in [0.25, 0.3) is 5.65 Å². The van der Waals surface area contributed by atoms with E-state index < -0.39 is 11.8 Å². The number of rotatable bonds is 5. The summed E-state index contributed by atoms with van der Waals surface area (Å²) >= 11 is 0. The lowest BCUT2D eigenvalue weighted by atomic mass is 10.2. The number of pyridine rings is 1. The van der Waals surface area contributed by atoms with E-state index in [1.54, 1.807) is 38.1 Å². The molecule has 130 valence electrons. The number of halogens is 1. The molecule has 0 fully saturated rings. The van der Waals surface area contributed by atoms with Crippen LogP contribution in [-0.2, 0) is 6.61 Å². The molecule has 0 aliphatic rings. The first-order valence-corrected chi connectivity index (χ1v) is 7.60. The Morgan fingerprint density at radius 1 is 1.28 bits per heavy atom. The average Bonchev–Trinajstić information content (AvgIpc) is 2.91. The molecule has 2 aromatic heterocycles. The molecular weight excluding hydrogens is 327 g/mol. The number of nitrogens with zero attached hydrogens (tertiary/aromatic N) is 2. The van der Waals surface area contributed by atoms with E-state index in [1.165, 1.54) is 17.6 Å². The zero-order chi connectivity index (χ0) is 18.1. The van der Waals surface area contributed by atoms with E-state index in [2.05, 4.69) is 4.98 Å². The number of methoxy groups -OCH3 is 1. The molecule has 0 atom stereocenters. The van der Waals surface area contributed by atoms with Crippen LogP contribution >= 0.6 is 0 Å². The Balaban J connectivity index is 2.08. The molecule has 1 aromatic carbocycles. The fourth-order valence-electron chi connectivity index (χ4n) is 2.76. The van der Waals surface area contributed by atoms with E-state index in [0.29, 0.717) is 28.5 Å². The lowest BCUT2D eigenvalue weighted by Gasteiger charge is -2.14. The van der Waals surface area contributed by atoms with E-state index in [0.717, 1.165) is 0 Å². The van der Waals surface area contributed by atoms with Crippen molar-refractivity contribution < 1.29 is 23.8 Å². The SMILES string of the molecule is COc1cccc(F)c1COc1c(C)ccc2nc(C)c(C(=O)O)n12. The molecule has 0 radical (unpaired) electrons. The molecule has 3 rings (SSSR count). The quantitative estimate of drug-likeness (QED) is 0.768. The molecule has 0 unspecified atom stereocenters. The van der Waals surface area contributed by atoms with Gasteiger partial charge in [0.05, 0.1) is 18.4 Å². The van der Waals surface area contributed by atoms with Crippen molar-refractivity contribution in [2.24, 2.45) is 0 Å². The maximum Gasteiger partial charge on any atom is 0.354 e. The zero-order valence-corrected chi connectivity index (χ0v) is 14.0. The average molecular weight is 344 g/mol. The fourth-order valence-corrected chi connectivity index (χ4v) is 2.76. The van der Waals surface area contributed by atoms with Gasteiger partial charge in [-0.3, -0.25) is 4.40 Å². The minimum Gasteiger partial charge on any atom is -0.496 e. The molecule has 7 heteroatoms. The second-order valence-corrected chi connectivity index (χ2v) is 5.58. The van der Waals surface area contributed by atoms with Gasteiger partial charge in [-0.25, -0.2) is 14.2 Å². The number of aromatic nitrogens is 2. The van der Waals surface area contributed by atoms with Gasteiger partial charge in [0.15, 0.2) is 5.69 Å². The fraction of sp³-hybridized carbons (Fsp3) is 0.222. The highest BCUT2D eigenvalue weighted by atomic mass is 19.1. The van der Waals surface area contributed by atoms with Gasteiger partial charge in [-0.2, -0.15) is 0 Å². The number of aryl methyl sites for hydroxylation is 2. The number of benzene rings is 1. The predicted molar refractivity (Wildman–Crippen MR) is 88.9 cm³/mol. The zero-order valence-electron chi connectivity index (χ0n) is 14.0. The number of carbonyl (C=O) groups is 1. The Kier molecular flexibility index (Phi) is 4.31. The summed E-state index contributed by atoms with van der Waals surface area (Å²) in [7, 11) is 1.45. The lowest BCUT2D eigenvalue weighted by molar-refractivity contribution is 0.0687. The lowest BCUT2D eigenvalue weighted by Crippen LogP contribution is -2.10. The number of imidazole rings is 1. The van der Waals surface area contributed by atoms with Gasteiger partial charge >= 0.3 is 5.97 Å². The van der Waals surface area contributed by atoms with E-state index in [9.17, 15) is 14.3 Å². The van der Waals surface area contributed by atoms with Crippen molar-refractivity contribution in [2.75, 3.05) is 7.11 Å². The van der Waals surface area contributed by atoms with Crippen LogP contribution in [0.2, 0.25) is 0 Å². The van der Waals surface area contributed by atoms with Crippen LogP contribution in [0.4, 0.5) is 4.39 Å². The van der Waals surface area contributed by atoms with Crippen molar-refractivity contribution in [1.29, 1.82) is 0 Å². The van der Waals surface area contributed by atoms with Crippen molar-refractivity contribution in [3.8, 4) is 11.6 Å². The topological polar surface area (TPSA) is 73.1 Å². The van der Waals surface area contributed by atoms with Crippen LogP contribution < -0.4 is 9.47 Å². The molecule has 0 amide bonds. The van der Waals surface area contributed by atoms with Crippen LogP contribution in [0.15, 0.2) is 30.3 Å². The molecule has 1 N–H and O–H groups in total.